The van der Waals surface area contributed by atoms with E-state index in [1.54, 1.807) is 5.57 Å². The molecule has 12 heavy (non-hydrogen) atoms. The number of rotatable bonds is 2. The molecule has 0 aliphatic carbocycles. The van der Waals surface area contributed by atoms with Crippen LogP contribution in [0.5, 0.6) is 0 Å². The minimum atomic E-state index is 0. The summed E-state index contributed by atoms with van der Waals surface area (Å²) in [5.41, 5.74) is 3.17. The summed E-state index contributed by atoms with van der Waals surface area (Å²) in [6, 6.07) is 0. The summed E-state index contributed by atoms with van der Waals surface area (Å²) in [7, 11) is 0.764. The Bertz CT molecular complexity index is 153. The SMILES string of the molecule is CC(C)=C(C)C[S+]1CCCC1.[Cl-]. The molecular weight excluding hydrogens is 188 g/mol. The fourth-order valence-corrected chi connectivity index (χ4v) is 3.93. The van der Waals surface area contributed by atoms with Crippen molar-refractivity contribution in [2.45, 2.75) is 33.6 Å². The average molecular weight is 207 g/mol. The molecule has 0 radical (unpaired) electrons. The summed E-state index contributed by atoms with van der Waals surface area (Å²) in [4.78, 5) is 0. The molecule has 0 unspecified atom stereocenters. The van der Waals surface area contributed by atoms with Crippen LogP contribution >= 0.6 is 0 Å². The van der Waals surface area contributed by atoms with Crippen LogP contribution in [0.15, 0.2) is 11.1 Å². The standard InChI is InChI=1S/C10H19S.ClH/c1-9(2)10(3)8-11-6-4-5-7-11;/h4-8H2,1-3H3;1H/q+1;/p-1. The zero-order valence-electron chi connectivity index (χ0n) is 8.32. The number of hydrogen-bond donors (Lipinski definition) is 0. The van der Waals surface area contributed by atoms with E-state index in [0.29, 0.717) is 0 Å². The Morgan fingerprint density at radius 3 is 2.00 bits per heavy atom. The van der Waals surface area contributed by atoms with Crippen LogP contribution in [-0.2, 0) is 10.9 Å². The molecule has 1 rings (SSSR count). The van der Waals surface area contributed by atoms with Crippen LogP contribution in [0.1, 0.15) is 33.6 Å². The topological polar surface area (TPSA) is 0 Å². The molecule has 0 aromatic carbocycles. The fraction of sp³-hybridized carbons (Fsp3) is 0.800. The Hall–Kier alpha value is 0.380. The lowest BCUT2D eigenvalue weighted by Crippen LogP contribution is -3.00. The van der Waals surface area contributed by atoms with E-state index in [2.05, 4.69) is 20.8 Å². The molecule has 0 saturated carbocycles. The van der Waals surface area contributed by atoms with Crippen molar-refractivity contribution in [3.63, 3.8) is 0 Å². The summed E-state index contributed by atoms with van der Waals surface area (Å²) in [6.45, 7) is 6.75. The lowest BCUT2D eigenvalue weighted by Gasteiger charge is -2.02. The van der Waals surface area contributed by atoms with Crippen molar-refractivity contribution in [1.82, 2.24) is 0 Å². The third-order valence-corrected chi connectivity index (χ3v) is 4.96. The fourth-order valence-electron chi connectivity index (χ4n) is 1.31. The van der Waals surface area contributed by atoms with Crippen molar-refractivity contribution >= 4 is 10.9 Å². The monoisotopic (exact) mass is 206 g/mol. The van der Waals surface area contributed by atoms with Crippen LogP contribution in [0.2, 0.25) is 0 Å². The highest BCUT2D eigenvalue weighted by Gasteiger charge is 2.23. The smallest absolute Gasteiger partial charge is 0.129 e. The Morgan fingerprint density at radius 2 is 1.58 bits per heavy atom. The summed E-state index contributed by atoms with van der Waals surface area (Å²) in [5, 5.41) is 0. The van der Waals surface area contributed by atoms with Crippen LogP contribution in [0.25, 0.3) is 0 Å². The quantitative estimate of drug-likeness (QED) is 0.432. The van der Waals surface area contributed by atoms with E-state index in [1.165, 1.54) is 35.7 Å². The maximum absolute atomic E-state index is 2.29. The van der Waals surface area contributed by atoms with Crippen LogP contribution in [0.3, 0.4) is 0 Å². The van der Waals surface area contributed by atoms with Gasteiger partial charge in [0, 0.05) is 0 Å². The average Bonchev–Trinajstić information content (AvgIpc) is 2.39. The van der Waals surface area contributed by atoms with Gasteiger partial charge < -0.3 is 12.4 Å². The van der Waals surface area contributed by atoms with Gasteiger partial charge in [-0.2, -0.15) is 0 Å². The molecule has 1 aliphatic heterocycles. The Morgan fingerprint density at radius 1 is 1.08 bits per heavy atom. The highest BCUT2D eigenvalue weighted by molar-refractivity contribution is 7.97. The maximum Gasteiger partial charge on any atom is 0.129 e. The molecule has 0 spiro atoms. The first-order valence-corrected chi connectivity index (χ1v) is 6.20. The lowest BCUT2D eigenvalue weighted by atomic mass is 10.2. The van der Waals surface area contributed by atoms with Crippen molar-refractivity contribution in [3.05, 3.63) is 11.1 Å². The van der Waals surface area contributed by atoms with Gasteiger partial charge in [-0.25, -0.2) is 0 Å². The van der Waals surface area contributed by atoms with Gasteiger partial charge in [-0.15, -0.1) is 0 Å². The zero-order valence-corrected chi connectivity index (χ0v) is 9.89. The van der Waals surface area contributed by atoms with Gasteiger partial charge in [0.05, 0.1) is 0 Å². The summed E-state index contributed by atoms with van der Waals surface area (Å²) in [6.07, 6.45) is 2.97. The van der Waals surface area contributed by atoms with E-state index in [-0.39, 0.29) is 12.4 Å². The molecule has 0 atom stereocenters. The van der Waals surface area contributed by atoms with Crippen molar-refractivity contribution in [3.8, 4) is 0 Å². The first-order valence-electron chi connectivity index (χ1n) is 4.47. The van der Waals surface area contributed by atoms with Crippen LogP contribution < -0.4 is 12.4 Å². The second-order valence-corrected chi connectivity index (χ2v) is 5.98. The van der Waals surface area contributed by atoms with Gasteiger partial charge in [0.2, 0.25) is 0 Å². The number of allylic oxidation sites excluding steroid dienone is 1. The minimum Gasteiger partial charge on any atom is -1.00 e. The van der Waals surface area contributed by atoms with E-state index >= 15 is 0 Å². The normalized spacial score (nSPS) is 17.2. The molecule has 0 amide bonds. The van der Waals surface area contributed by atoms with Gasteiger partial charge in [-0.3, -0.25) is 0 Å². The molecule has 0 aromatic heterocycles. The Kier molecular flexibility index (Phi) is 6.12. The Balaban J connectivity index is 0.00000121. The molecule has 0 N–H and O–H groups in total. The van der Waals surface area contributed by atoms with Crippen LogP contribution in [0, 0.1) is 0 Å². The minimum absolute atomic E-state index is 0. The van der Waals surface area contributed by atoms with Crippen molar-refractivity contribution < 1.29 is 12.4 Å². The first kappa shape index (κ1) is 12.4. The van der Waals surface area contributed by atoms with Crippen molar-refractivity contribution in [1.29, 1.82) is 0 Å². The van der Waals surface area contributed by atoms with Gasteiger partial charge in [-0.05, 0) is 50.1 Å². The highest BCUT2D eigenvalue weighted by atomic mass is 35.5. The first-order chi connectivity index (χ1) is 5.20. The van der Waals surface area contributed by atoms with Crippen LogP contribution in [-0.4, -0.2) is 17.3 Å². The number of halogens is 1. The molecule has 0 nitrogen and oxygen atoms in total. The van der Waals surface area contributed by atoms with Gasteiger partial charge in [-0.1, -0.05) is 5.57 Å². The van der Waals surface area contributed by atoms with E-state index in [4.69, 9.17) is 0 Å². The molecular formula is C10H19ClS. The molecule has 1 fully saturated rings. The molecule has 0 aromatic rings. The van der Waals surface area contributed by atoms with Crippen molar-refractivity contribution in [2.75, 3.05) is 17.3 Å². The summed E-state index contributed by atoms with van der Waals surface area (Å²) < 4.78 is 0. The number of hydrogen-bond acceptors (Lipinski definition) is 0. The third-order valence-electron chi connectivity index (χ3n) is 2.39. The highest BCUT2D eigenvalue weighted by Crippen LogP contribution is 2.17. The van der Waals surface area contributed by atoms with E-state index in [0.717, 1.165) is 10.9 Å². The molecule has 0 bridgehead atoms. The molecule has 1 saturated heterocycles. The second kappa shape index (κ2) is 5.93. The summed E-state index contributed by atoms with van der Waals surface area (Å²) >= 11 is 0. The van der Waals surface area contributed by atoms with Gasteiger partial charge in [0.25, 0.3) is 0 Å². The van der Waals surface area contributed by atoms with E-state index in [1.807, 2.05) is 0 Å². The maximum atomic E-state index is 2.29. The second-order valence-electron chi connectivity index (χ2n) is 3.65. The van der Waals surface area contributed by atoms with E-state index in [9.17, 15) is 0 Å². The van der Waals surface area contributed by atoms with Crippen molar-refractivity contribution in [2.24, 2.45) is 0 Å². The summed E-state index contributed by atoms with van der Waals surface area (Å²) in [5.74, 6) is 4.40. The molecule has 1 heterocycles. The van der Waals surface area contributed by atoms with Gasteiger partial charge in [0.1, 0.15) is 17.3 Å². The zero-order chi connectivity index (χ0) is 8.27. The van der Waals surface area contributed by atoms with Gasteiger partial charge >= 0.3 is 0 Å². The van der Waals surface area contributed by atoms with Gasteiger partial charge in [0.15, 0.2) is 0 Å². The molecule has 72 valence electrons. The van der Waals surface area contributed by atoms with Crippen LogP contribution in [0.4, 0.5) is 0 Å². The largest absolute Gasteiger partial charge is 1.00 e. The Labute approximate surface area is 85.6 Å². The van der Waals surface area contributed by atoms with E-state index < -0.39 is 0 Å². The lowest BCUT2D eigenvalue weighted by molar-refractivity contribution is -0.00000257. The molecule has 1 aliphatic rings. The molecule has 2 heteroatoms. The predicted octanol–water partition coefficient (Wildman–Crippen LogP) is -0.241. The predicted molar refractivity (Wildman–Crippen MR) is 55.2 cm³/mol. The third kappa shape index (κ3) is 3.86.